The van der Waals surface area contributed by atoms with Crippen molar-refractivity contribution >= 4 is 54.3 Å². The van der Waals surface area contributed by atoms with Crippen molar-refractivity contribution in [3.05, 3.63) is 157 Å². The lowest BCUT2D eigenvalue weighted by Crippen LogP contribution is -2.15. The Kier molecular flexibility index (Phi) is 5.12. The molecule has 1 nitrogen and oxygen atoms in total. The van der Waals surface area contributed by atoms with Gasteiger partial charge < -0.3 is 4.42 Å². The summed E-state index contributed by atoms with van der Waals surface area (Å²) in [6, 6.07) is 53.4. The molecule has 46 heavy (non-hydrogen) atoms. The smallest absolute Gasteiger partial charge is 0.143 e. The van der Waals surface area contributed by atoms with Crippen LogP contribution in [0.3, 0.4) is 0 Å². The fraction of sp³-hybridized carbons (Fsp3) is 0.0667. The van der Waals surface area contributed by atoms with Gasteiger partial charge in [-0.1, -0.05) is 135 Å². The van der Waals surface area contributed by atoms with E-state index in [1.54, 1.807) is 0 Å². The Labute approximate surface area is 267 Å². The van der Waals surface area contributed by atoms with Crippen LogP contribution in [0.4, 0.5) is 0 Å². The van der Waals surface area contributed by atoms with E-state index in [2.05, 4.69) is 153 Å². The highest BCUT2D eigenvalue weighted by molar-refractivity contribution is 6.24. The highest BCUT2D eigenvalue weighted by atomic mass is 16.3. The SMILES string of the molecule is CC1(C)c2cc(-c3c4ccccc4c(-c4cccc5c4oc4ccccc45)c4ccccc34)ccc2-c2cc3ccccc3cc21. The van der Waals surface area contributed by atoms with Gasteiger partial charge in [0, 0.05) is 27.3 Å². The van der Waals surface area contributed by atoms with Crippen LogP contribution in [0.25, 0.3) is 87.6 Å². The number of fused-ring (bicyclic) bond motifs is 9. The number of hydrogen-bond donors (Lipinski definition) is 0. The normalized spacial score (nSPS) is 13.6. The van der Waals surface area contributed by atoms with Crippen LogP contribution in [0.5, 0.6) is 0 Å². The zero-order valence-corrected chi connectivity index (χ0v) is 25.8. The summed E-state index contributed by atoms with van der Waals surface area (Å²) >= 11 is 0. The van der Waals surface area contributed by atoms with Crippen molar-refractivity contribution in [3.63, 3.8) is 0 Å². The molecule has 0 N–H and O–H groups in total. The molecular formula is C45H30O. The van der Waals surface area contributed by atoms with Crippen molar-refractivity contribution in [3.8, 4) is 33.4 Å². The first-order chi connectivity index (χ1) is 22.6. The van der Waals surface area contributed by atoms with Gasteiger partial charge in [0.2, 0.25) is 0 Å². The fourth-order valence-corrected chi connectivity index (χ4v) is 8.25. The number of furan rings is 1. The Hall–Kier alpha value is -5.66. The van der Waals surface area contributed by atoms with Gasteiger partial charge >= 0.3 is 0 Å². The quantitative estimate of drug-likeness (QED) is 0.184. The predicted molar refractivity (Wildman–Crippen MR) is 195 cm³/mol. The molecule has 0 radical (unpaired) electrons. The largest absolute Gasteiger partial charge is 0.455 e. The first-order valence-corrected chi connectivity index (χ1v) is 16.1. The summed E-state index contributed by atoms with van der Waals surface area (Å²) in [6.07, 6.45) is 0. The second kappa shape index (κ2) is 9.19. The van der Waals surface area contributed by atoms with E-state index in [4.69, 9.17) is 4.42 Å². The Balaban J connectivity index is 1.26. The van der Waals surface area contributed by atoms with E-state index in [1.165, 1.54) is 71.3 Å². The van der Waals surface area contributed by atoms with Crippen LogP contribution in [0.15, 0.2) is 150 Å². The molecule has 0 bridgehead atoms. The third-order valence-corrected chi connectivity index (χ3v) is 10.4. The minimum atomic E-state index is -0.104. The molecule has 1 aliphatic rings. The molecule has 0 saturated carbocycles. The van der Waals surface area contributed by atoms with Crippen LogP contribution in [0, 0.1) is 0 Å². The molecule has 0 atom stereocenters. The van der Waals surface area contributed by atoms with Crippen LogP contribution in [0.2, 0.25) is 0 Å². The maximum absolute atomic E-state index is 6.58. The van der Waals surface area contributed by atoms with Crippen molar-refractivity contribution in [2.24, 2.45) is 0 Å². The lowest BCUT2D eigenvalue weighted by molar-refractivity contribution is 0.661. The molecule has 0 amide bonds. The highest BCUT2D eigenvalue weighted by Gasteiger charge is 2.36. The second-order valence-corrected chi connectivity index (χ2v) is 13.3. The van der Waals surface area contributed by atoms with Gasteiger partial charge in [-0.25, -0.2) is 0 Å². The van der Waals surface area contributed by atoms with Crippen LogP contribution < -0.4 is 0 Å². The monoisotopic (exact) mass is 586 g/mol. The maximum Gasteiger partial charge on any atom is 0.143 e. The molecule has 0 unspecified atom stereocenters. The summed E-state index contributed by atoms with van der Waals surface area (Å²) in [5, 5.41) is 9.87. The average molecular weight is 587 g/mol. The van der Waals surface area contributed by atoms with Gasteiger partial charge in [-0.15, -0.1) is 0 Å². The van der Waals surface area contributed by atoms with E-state index in [-0.39, 0.29) is 5.41 Å². The molecule has 0 fully saturated rings. The number of rotatable bonds is 2. The van der Waals surface area contributed by atoms with E-state index in [9.17, 15) is 0 Å². The Morgan fingerprint density at radius 1 is 0.413 bits per heavy atom. The molecule has 0 spiro atoms. The highest BCUT2D eigenvalue weighted by Crippen LogP contribution is 2.52. The molecule has 9 aromatic rings. The van der Waals surface area contributed by atoms with Gasteiger partial charge in [-0.05, 0) is 90.0 Å². The third kappa shape index (κ3) is 3.40. The maximum atomic E-state index is 6.58. The van der Waals surface area contributed by atoms with E-state index < -0.39 is 0 Å². The van der Waals surface area contributed by atoms with Crippen molar-refractivity contribution in [2.75, 3.05) is 0 Å². The van der Waals surface area contributed by atoms with Gasteiger partial charge in [0.1, 0.15) is 11.2 Å². The molecule has 0 saturated heterocycles. The number of hydrogen-bond acceptors (Lipinski definition) is 1. The van der Waals surface area contributed by atoms with Crippen molar-refractivity contribution in [1.29, 1.82) is 0 Å². The lowest BCUT2D eigenvalue weighted by Gasteiger charge is -2.23. The molecule has 10 rings (SSSR count). The molecule has 8 aromatic carbocycles. The van der Waals surface area contributed by atoms with E-state index in [0.29, 0.717) is 0 Å². The molecule has 1 aliphatic carbocycles. The second-order valence-electron chi connectivity index (χ2n) is 13.3. The van der Waals surface area contributed by atoms with Crippen LogP contribution in [-0.2, 0) is 5.41 Å². The fourth-order valence-electron chi connectivity index (χ4n) is 8.25. The van der Waals surface area contributed by atoms with E-state index >= 15 is 0 Å². The molecule has 1 heterocycles. The molecule has 1 heteroatoms. The van der Waals surface area contributed by atoms with Crippen LogP contribution in [-0.4, -0.2) is 0 Å². The summed E-state index contributed by atoms with van der Waals surface area (Å²) in [4.78, 5) is 0. The van der Waals surface area contributed by atoms with Gasteiger partial charge in [0.15, 0.2) is 0 Å². The zero-order chi connectivity index (χ0) is 30.6. The molecule has 216 valence electrons. The summed E-state index contributed by atoms with van der Waals surface area (Å²) in [5.74, 6) is 0. The molecular weight excluding hydrogens is 556 g/mol. The Bertz CT molecular complexity index is 2660. The summed E-state index contributed by atoms with van der Waals surface area (Å²) in [7, 11) is 0. The van der Waals surface area contributed by atoms with Crippen molar-refractivity contribution in [2.45, 2.75) is 19.3 Å². The first kappa shape index (κ1) is 25.6. The first-order valence-electron chi connectivity index (χ1n) is 16.1. The number of para-hydroxylation sites is 2. The Morgan fingerprint density at radius 2 is 0.978 bits per heavy atom. The molecule has 1 aromatic heterocycles. The van der Waals surface area contributed by atoms with Gasteiger partial charge in [0.05, 0.1) is 0 Å². The standard InChI is InChI=1S/C45H30O/c1-45(2)39-26-29(22-23-30(39)38-24-27-12-3-4-13-28(27)25-40(38)45)42-32-15-5-7-17-34(32)43(35-18-8-6-16-33(35)42)37-20-11-19-36-31-14-9-10-21-41(31)46-44(36)37/h3-26H,1-2H3. The zero-order valence-electron chi connectivity index (χ0n) is 25.8. The van der Waals surface area contributed by atoms with E-state index in [0.717, 1.165) is 27.5 Å². The molecule has 0 aliphatic heterocycles. The average Bonchev–Trinajstić information content (AvgIpc) is 3.58. The van der Waals surface area contributed by atoms with Crippen LogP contribution in [0.1, 0.15) is 25.0 Å². The minimum Gasteiger partial charge on any atom is -0.455 e. The topological polar surface area (TPSA) is 13.1 Å². The predicted octanol–water partition coefficient (Wildman–Crippen LogP) is 12.7. The van der Waals surface area contributed by atoms with Crippen LogP contribution >= 0.6 is 0 Å². The lowest BCUT2D eigenvalue weighted by atomic mass is 9.80. The number of benzene rings is 8. The van der Waals surface area contributed by atoms with Crippen molar-refractivity contribution < 1.29 is 4.42 Å². The van der Waals surface area contributed by atoms with E-state index in [1.807, 2.05) is 6.07 Å². The summed E-state index contributed by atoms with van der Waals surface area (Å²) in [6.45, 7) is 4.76. The third-order valence-electron chi connectivity index (χ3n) is 10.4. The van der Waals surface area contributed by atoms with Gasteiger partial charge in [-0.2, -0.15) is 0 Å². The van der Waals surface area contributed by atoms with Gasteiger partial charge in [0.25, 0.3) is 0 Å². The van der Waals surface area contributed by atoms with Crippen molar-refractivity contribution in [1.82, 2.24) is 0 Å². The Morgan fingerprint density at radius 3 is 1.70 bits per heavy atom. The summed E-state index contributed by atoms with van der Waals surface area (Å²) < 4.78 is 6.58. The van der Waals surface area contributed by atoms with Gasteiger partial charge in [-0.3, -0.25) is 0 Å². The minimum absolute atomic E-state index is 0.104. The summed E-state index contributed by atoms with van der Waals surface area (Å²) in [5.41, 5.74) is 12.1.